The van der Waals surface area contributed by atoms with E-state index in [2.05, 4.69) is 62.4 Å². The van der Waals surface area contributed by atoms with E-state index in [1.165, 1.54) is 22.3 Å². The highest BCUT2D eigenvalue weighted by molar-refractivity contribution is 6.30. The quantitative estimate of drug-likeness (QED) is 0.594. The first-order valence-electron chi connectivity index (χ1n) is 7.85. The van der Waals surface area contributed by atoms with Crippen LogP contribution in [0.15, 0.2) is 66.3 Å². The highest BCUT2D eigenvalue weighted by atomic mass is 35.5. The molecule has 2 aliphatic carbocycles. The van der Waals surface area contributed by atoms with Crippen molar-refractivity contribution in [1.29, 1.82) is 0 Å². The Kier molecular flexibility index (Phi) is 3.06. The fraction of sp³-hybridized carbons (Fsp3) is 0.238. The van der Waals surface area contributed by atoms with Gasteiger partial charge in [0, 0.05) is 16.4 Å². The van der Waals surface area contributed by atoms with Crippen molar-refractivity contribution in [3.63, 3.8) is 0 Å². The summed E-state index contributed by atoms with van der Waals surface area (Å²) in [4.78, 5) is 0. The van der Waals surface area contributed by atoms with Crippen LogP contribution in [0.4, 0.5) is 0 Å². The molecule has 0 aromatic heterocycles. The van der Waals surface area contributed by atoms with Crippen molar-refractivity contribution in [2.75, 3.05) is 0 Å². The lowest BCUT2D eigenvalue weighted by Gasteiger charge is -2.32. The first-order chi connectivity index (χ1) is 10.6. The number of halogens is 1. The van der Waals surface area contributed by atoms with Crippen LogP contribution >= 0.6 is 11.6 Å². The number of allylic oxidation sites excluding steroid dienone is 4. The Morgan fingerprint density at radius 2 is 1.73 bits per heavy atom. The molecule has 2 aromatic carbocycles. The molecule has 110 valence electrons. The minimum atomic E-state index is 0.0843. The lowest BCUT2D eigenvalue weighted by atomic mass is 9.71. The van der Waals surface area contributed by atoms with Gasteiger partial charge in [0.25, 0.3) is 0 Å². The Bertz CT molecular complexity index is 791. The molecule has 4 rings (SSSR count). The first kappa shape index (κ1) is 13.8. The van der Waals surface area contributed by atoms with Gasteiger partial charge in [-0.2, -0.15) is 0 Å². The average molecular weight is 307 g/mol. The summed E-state index contributed by atoms with van der Waals surface area (Å²) in [5.74, 6) is 0.444. The molecule has 0 nitrogen and oxygen atoms in total. The second-order valence-corrected chi connectivity index (χ2v) is 7.18. The maximum absolute atomic E-state index is 6.06. The SMILES string of the molecule is CC1(C)C2=C(C=CCC2c2ccc(Cl)cc2)c2ccccc21. The van der Waals surface area contributed by atoms with E-state index < -0.39 is 0 Å². The van der Waals surface area contributed by atoms with E-state index in [9.17, 15) is 0 Å². The zero-order valence-corrected chi connectivity index (χ0v) is 13.7. The zero-order chi connectivity index (χ0) is 15.3. The van der Waals surface area contributed by atoms with E-state index in [0.717, 1.165) is 11.4 Å². The number of fused-ring (bicyclic) bond motifs is 2. The third-order valence-corrected chi connectivity index (χ3v) is 5.38. The highest BCUT2D eigenvalue weighted by Crippen LogP contribution is 2.54. The van der Waals surface area contributed by atoms with Crippen molar-refractivity contribution in [2.45, 2.75) is 31.6 Å². The Hall–Kier alpha value is -1.79. The summed E-state index contributed by atoms with van der Waals surface area (Å²) in [7, 11) is 0. The Balaban J connectivity index is 1.89. The molecule has 0 bridgehead atoms. The molecule has 0 spiro atoms. The summed E-state index contributed by atoms with van der Waals surface area (Å²) in [5, 5.41) is 0.804. The van der Waals surface area contributed by atoms with E-state index in [4.69, 9.17) is 11.6 Å². The van der Waals surface area contributed by atoms with Gasteiger partial charge in [0.1, 0.15) is 0 Å². The van der Waals surface area contributed by atoms with Gasteiger partial charge < -0.3 is 0 Å². The summed E-state index contributed by atoms with van der Waals surface area (Å²) in [6.07, 6.45) is 5.70. The number of hydrogen-bond donors (Lipinski definition) is 0. The van der Waals surface area contributed by atoms with Crippen molar-refractivity contribution in [1.82, 2.24) is 0 Å². The topological polar surface area (TPSA) is 0 Å². The summed E-state index contributed by atoms with van der Waals surface area (Å²) in [5.41, 5.74) is 7.27. The summed E-state index contributed by atoms with van der Waals surface area (Å²) >= 11 is 6.06. The lowest BCUT2D eigenvalue weighted by molar-refractivity contribution is 0.573. The van der Waals surface area contributed by atoms with Crippen molar-refractivity contribution in [2.24, 2.45) is 0 Å². The van der Waals surface area contributed by atoms with Gasteiger partial charge in [-0.25, -0.2) is 0 Å². The standard InChI is InChI=1S/C21H19Cl/c1-21(2)19-9-4-3-6-17(19)18-8-5-7-16(20(18)21)14-10-12-15(22)13-11-14/h3-6,8-13,16H,7H2,1-2H3. The minimum absolute atomic E-state index is 0.0843. The molecule has 0 heterocycles. The molecule has 22 heavy (non-hydrogen) atoms. The Labute approximate surface area is 137 Å². The normalized spacial score (nSPS) is 21.7. The van der Waals surface area contributed by atoms with E-state index in [0.29, 0.717) is 5.92 Å². The van der Waals surface area contributed by atoms with Gasteiger partial charge in [0.05, 0.1) is 0 Å². The molecule has 2 aromatic rings. The smallest absolute Gasteiger partial charge is 0.0406 e. The van der Waals surface area contributed by atoms with Gasteiger partial charge in [-0.15, -0.1) is 0 Å². The fourth-order valence-electron chi connectivity index (χ4n) is 4.13. The third kappa shape index (κ3) is 1.90. The number of benzene rings is 2. The average Bonchev–Trinajstić information content (AvgIpc) is 2.77. The zero-order valence-electron chi connectivity index (χ0n) is 12.9. The molecule has 0 saturated heterocycles. The molecule has 1 atom stereocenters. The minimum Gasteiger partial charge on any atom is -0.0843 e. The van der Waals surface area contributed by atoms with Gasteiger partial charge in [-0.3, -0.25) is 0 Å². The van der Waals surface area contributed by atoms with Crippen molar-refractivity contribution < 1.29 is 0 Å². The van der Waals surface area contributed by atoms with Crippen LogP contribution in [-0.4, -0.2) is 0 Å². The van der Waals surface area contributed by atoms with E-state index in [-0.39, 0.29) is 5.41 Å². The largest absolute Gasteiger partial charge is 0.0843 e. The molecule has 0 fully saturated rings. The van der Waals surface area contributed by atoms with Crippen LogP contribution in [0.2, 0.25) is 5.02 Å². The lowest BCUT2D eigenvalue weighted by Crippen LogP contribution is -2.22. The Morgan fingerprint density at radius 3 is 2.50 bits per heavy atom. The summed E-state index contributed by atoms with van der Waals surface area (Å²) in [6, 6.07) is 17.2. The van der Waals surface area contributed by atoms with Crippen LogP contribution in [0, 0.1) is 0 Å². The molecule has 0 amide bonds. The second-order valence-electron chi connectivity index (χ2n) is 6.74. The highest BCUT2D eigenvalue weighted by Gasteiger charge is 2.41. The summed E-state index contributed by atoms with van der Waals surface area (Å²) < 4.78 is 0. The van der Waals surface area contributed by atoms with Gasteiger partial charge in [-0.05, 0) is 46.4 Å². The molecular weight excluding hydrogens is 288 g/mol. The van der Waals surface area contributed by atoms with Crippen molar-refractivity contribution >= 4 is 17.2 Å². The predicted octanol–water partition coefficient (Wildman–Crippen LogP) is 6.13. The Morgan fingerprint density at radius 1 is 1.00 bits per heavy atom. The molecule has 1 heteroatoms. The predicted molar refractivity (Wildman–Crippen MR) is 94.3 cm³/mol. The van der Waals surface area contributed by atoms with Crippen LogP contribution in [0.5, 0.6) is 0 Å². The molecule has 0 saturated carbocycles. The van der Waals surface area contributed by atoms with Crippen LogP contribution in [0.25, 0.3) is 5.57 Å². The van der Waals surface area contributed by atoms with Crippen LogP contribution < -0.4 is 0 Å². The van der Waals surface area contributed by atoms with Gasteiger partial charge in [0.2, 0.25) is 0 Å². The maximum Gasteiger partial charge on any atom is 0.0406 e. The summed E-state index contributed by atoms with van der Waals surface area (Å²) in [6.45, 7) is 4.71. The van der Waals surface area contributed by atoms with Crippen LogP contribution in [0.3, 0.4) is 0 Å². The number of hydrogen-bond acceptors (Lipinski definition) is 0. The van der Waals surface area contributed by atoms with Crippen LogP contribution in [0.1, 0.15) is 42.9 Å². The first-order valence-corrected chi connectivity index (χ1v) is 8.23. The van der Waals surface area contributed by atoms with E-state index >= 15 is 0 Å². The maximum atomic E-state index is 6.06. The molecule has 0 aliphatic heterocycles. The van der Waals surface area contributed by atoms with Crippen LogP contribution in [-0.2, 0) is 5.41 Å². The monoisotopic (exact) mass is 306 g/mol. The van der Waals surface area contributed by atoms with Crippen molar-refractivity contribution in [3.05, 3.63) is 88.0 Å². The fourth-order valence-corrected chi connectivity index (χ4v) is 4.26. The molecule has 1 unspecified atom stereocenters. The third-order valence-electron chi connectivity index (χ3n) is 5.13. The molecular formula is C21H19Cl. The molecule has 0 radical (unpaired) electrons. The van der Waals surface area contributed by atoms with Gasteiger partial charge in [0.15, 0.2) is 0 Å². The number of rotatable bonds is 1. The molecule has 2 aliphatic rings. The van der Waals surface area contributed by atoms with E-state index in [1.54, 1.807) is 5.57 Å². The molecule has 0 N–H and O–H groups in total. The van der Waals surface area contributed by atoms with Gasteiger partial charge >= 0.3 is 0 Å². The second kappa shape index (κ2) is 4.86. The van der Waals surface area contributed by atoms with Crippen molar-refractivity contribution in [3.8, 4) is 0 Å². The van der Waals surface area contributed by atoms with E-state index in [1.807, 2.05) is 12.1 Å². The van der Waals surface area contributed by atoms with Gasteiger partial charge in [-0.1, -0.05) is 74.0 Å².